The first-order valence-electron chi connectivity index (χ1n) is 10.5. The Balaban J connectivity index is 2.20. The summed E-state index contributed by atoms with van der Waals surface area (Å²) in [6.45, 7) is 8.74. The van der Waals surface area contributed by atoms with Crippen LogP contribution in [-0.2, 0) is 29.0 Å². The Labute approximate surface area is 177 Å². The van der Waals surface area contributed by atoms with E-state index in [2.05, 4.69) is 25.7 Å². The number of sulfonamides is 1. The van der Waals surface area contributed by atoms with Gasteiger partial charge in [0.2, 0.25) is 10.0 Å². The molecule has 29 heavy (non-hydrogen) atoms. The van der Waals surface area contributed by atoms with Crippen molar-refractivity contribution in [2.24, 2.45) is 11.3 Å². The highest BCUT2D eigenvalue weighted by atomic mass is 32.2. The molecule has 0 saturated carbocycles. The SMILES string of the molecule is COCOCC[C@H]1CCC=C2N(S(=O)(=O)CC[Si](C)(C)C)CC[C@@]21COCOC. The zero-order chi connectivity index (χ0) is 21.5. The summed E-state index contributed by atoms with van der Waals surface area (Å²) in [5.74, 6) is 0.546. The molecule has 0 aromatic heterocycles. The van der Waals surface area contributed by atoms with Crippen molar-refractivity contribution < 1.29 is 27.4 Å². The number of hydrogen-bond acceptors (Lipinski definition) is 6. The molecule has 7 nitrogen and oxygen atoms in total. The molecule has 0 spiro atoms. The molecule has 0 aromatic rings. The molecular formula is C20H39NO6SSi. The second-order valence-electron chi connectivity index (χ2n) is 9.33. The second-order valence-corrected chi connectivity index (χ2v) is 17.0. The lowest BCUT2D eigenvalue weighted by Crippen LogP contribution is -2.41. The molecule has 9 heteroatoms. The predicted octanol–water partition coefficient (Wildman–Crippen LogP) is 3.27. The van der Waals surface area contributed by atoms with Gasteiger partial charge in [-0.1, -0.05) is 25.7 Å². The number of rotatable bonds is 13. The lowest BCUT2D eigenvalue weighted by molar-refractivity contribution is -0.0781. The van der Waals surface area contributed by atoms with Gasteiger partial charge in [-0.3, -0.25) is 4.31 Å². The highest BCUT2D eigenvalue weighted by Crippen LogP contribution is 2.53. The van der Waals surface area contributed by atoms with Crippen molar-refractivity contribution in [1.29, 1.82) is 0 Å². The summed E-state index contributed by atoms with van der Waals surface area (Å²) >= 11 is 0. The van der Waals surface area contributed by atoms with Gasteiger partial charge in [0.05, 0.1) is 12.4 Å². The minimum Gasteiger partial charge on any atom is -0.359 e. The van der Waals surface area contributed by atoms with Crippen molar-refractivity contribution >= 4 is 18.1 Å². The molecule has 1 fully saturated rings. The monoisotopic (exact) mass is 449 g/mol. The summed E-state index contributed by atoms with van der Waals surface area (Å²) in [6, 6.07) is 0.778. The van der Waals surface area contributed by atoms with Crippen LogP contribution in [0.25, 0.3) is 0 Å². The molecular weight excluding hydrogens is 410 g/mol. The predicted molar refractivity (Wildman–Crippen MR) is 117 cm³/mol. The van der Waals surface area contributed by atoms with Crippen LogP contribution in [0.1, 0.15) is 25.7 Å². The number of ether oxygens (including phenoxy) is 4. The van der Waals surface area contributed by atoms with Crippen LogP contribution in [0.4, 0.5) is 0 Å². The molecule has 170 valence electrons. The van der Waals surface area contributed by atoms with E-state index in [-0.39, 0.29) is 24.8 Å². The molecule has 2 atom stereocenters. The molecule has 0 N–H and O–H groups in total. The Bertz CT molecular complexity index is 648. The molecule has 1 aliphatic carbocycles. The summed E-state index contributed by atoms with van der Waals surface area (Å²) < 4.78 is 49.5. The van der Waals surface area contributed by atoms with Crippen LogP contribution in [0.5, 0.6) is 0 Å². The zero-order valence-electron chi connectivity index (χ0n) is 18.7. The molecule has 2 rings (SSSR count). The molecule has 0 unspecified atom stereocenters. The van der Waals surface area contributed by atoms with Crippen molar-refractivity contribution in [1.82, 2.24) is 4.31 Å². The third-order valence-corrected chi connectivity index (χ3v) is 9.88. The van der Waals surface area contributed by atoms with Gasteiger partial charge in [-0.25, -0.2) is 8.42 Å². The average molecular weight is 450 g/mol. The fraction of sp³-hybridized carbons (Fsp3) is 0.900. The number of fused-ring (bicyclic) bond motifs is 1. The van der Waals surface area contributed by atoms with Gasteiger partial charge < -0.3 is 18.9 Å². The van der Waals surface area contributed by atoms with Gasteiger partial charge in [-0.05, 0) is 37.6 Å². The Morgan fingerprint density at radius 2 is 1.86 bits per heavy atom. The minimum absolute atomic E-state index is 0.213. The molecule has 2 aliphatic rings. The van der Waals surface area contributed by atoms with Gasteiger partial charge in [0, 0.05) is 46.6 Å². The zero-order valence-corrected chi connectivity index (χ0v) is 20.6. The normalized spacial score (nSPS) is 25.2. The lowest BCUT2D eigenvalue weighted by atomic mass is 9.67. The number of methoxy groups -OCH3 is 2. The summed E-state index contributed by atoms with van der Waals surface area (Å²) in [5.41, 5.74) is 0.645. The number of hydrogen-bond donors (Lipinski definition) is 0. The van der Waals surface area contributed by atoms with Gasteiger partial charge >= 0.3 is 0 Å². The van der Waals surface area contributed by atoms with E-state index in [1.807, 2.05) is 0 Å². The summed E-state index contributed by atoms with van der Waals surface area (Å²) in [4.78, 5) is 0. The standard InChI is InChI=1S/C20H39NO6SSi/c1-24-16-26-12-9-18-7-6-8-19-20(18,15-27-17-25-2)10-11-21(19)28(22,23)13-14-29(3,4)5/h8,18H,6-7,9-17H2,1-5H3/t18-,20+/m1/s1. The topological polar surface area (TPSA) is 74.3 Å². The third kappa shape index (κ3) is 6.51. The van der Waals surface area contributed by atoms with E-state index < -0.39 is 18.1 Å². The van der Waals surface area contributed by atoms with E-state index in [9.17, 15) is 8.42 Å². The van der Waals surface area contributed by atoms with Crippen LogP contribution in [-0.4, -0.2) is 74.1 Å². The molecule has 1 heterocycles. The van der Waals surface area contributed by atoms with Gasteiger partial charge in [-0.15, -0.1) is 0 Å². The van der Waals surface area contributed by atoms with Gasteiger partial charge in [0.1, 0.15) is 13.6 Å². The van der Waals surface area contributed by atoms with E-state index in [4.69, 9.17) is 18.9 Å². The minimum atomic E-state index is -3.32. The van der Waals surface area contributed by atoms with Crippen molar-refractivity contribution in [3.63, 3.8) is 0 Å². The maximum Gasteiger partial charge on any atom is 0.234 e. The third-order valence-electron chi connectivity index (χ3n) is 5.99. The fourth-order valence-corrected chi connectivity index (χ4v) is 9.03. The molecule has 0 aromatic carbocycles. The van der Waals surface area contributed by atoms with E-state index in [1.54, 1.807) is 18.5 Å². The van der Waals surface area contributed by atoms with Crippen LogP contribution < -0.4 is 0 Å². The molecule has 0 radical (unpaired) electrons. The summed E-state index contributed by atoms with van der Waals surface area (Å²) in [5, 5.41) is 0. The van der Waals surface area contributed by atoms with Crippen molar-refractivity contribution in [2.45, 2.75) is 51.4 Å². The molecule has 1 saturated heterocycles. The second kappa shape index (κ2) is 10.7. The first-order valence-corrected chi connectivity index (χ1v) is 15.8. The molecule has 0 bridgehead atoms. The van der Waals surface area contributed by atoms with Crippen molar-refractivity contribution in [2.75, 3.05) is 53.3 Å². The van der Waals surface area contributed by atoms with E-state index in [1.165, 1.54) is 0 Å². The van der Waals surface area contributed by atoms with Crippen molar-refractivity contribution in [3.8, 4) is 0 Å². The maximum atomic E-state index is 13.2. The number of nitrogens with zero attached hydrogens (tertiary/aromatic N) is 1. The molecule has 0 amide bonds. The largest absolute Gasteiger partial charge is 0.359 e. The van der Waals surface area contributed by atoms with E-state index in [0.29, 0.717) is 25.7 Å². The van der Waals surface area contributed by atoms with Crippen LogP contribution in [0.3, 0.4) is 0 Å². The van der Waals surface area contributed by atoms with Crippen molar-refractivity contribution in [3.05, 3.63) is 11.8 Å². The Hall–Kier alpha value is -0.453. The highest BCUT2D eigenvalue weighted by Gasteiger charge is 2.52. The quantitative estimate of drug-likeness (QED) is 0.244. The summed E-state index contributed by atoms with van der Waals surface area (Å²) in [7, 11) is -1.55. The Kier molecular flexibility index (Phi) is 9.18. The number of allylic oxidation sites excluding steroid dienone is 1. The van der Waals surface area contributed by atoms with Gasteiger partial charge in [0.15, 0.2) is 0 Å². The maximum absolute atomic E-state index is 13.2. The lowest BCUT2D eigenvalue weighted by Gasteiger charge is -2.42. The van der Waals surface area contributed by atoms with Crippen LogP contribution in [0, 0.1) is 11.3 Å². The fourth-order valence-electron chi connectivity index (χ4n) is 4.41. The Morgan fingerprint density at radius 3 is 2.52 bits per heavy atom. The van der Waals surface area contributed by atoms with E-state index >= 15 is 0 Å². The van der Waals surface area contributed by atoms with Gasteiger partial charge in [-0.2, -0.15) is 0 Å². The smallest absolute Gasteiger partial charge is 0.234 e. The highest BCUT2D eigenvalue weighted by molar-refractivity contribution is 7.89. The first kappa shape index (κ1) is 24.8. The average Bonchev–Trinajstić information content (AvgIpc) is 3.04. The Morgan fingerprint density at radius 1 is 1.17 bits per heavy atom. The van der Waals surface area contributed by atoms with Crippen LogP contribution in [0.2, 0.25) is 25.7 Å². The first-order chi connectivity index (χ1) is 13.7. The summed E-state index contributed by atoms with van der Waals surface area (Å²) in [6.07, 6.45) is 5.67. The van der Waals surface area contributed by atoms with Gasteiger partial charge in [0.25, 0.3) is 0 Å². The molecule has 1 aliphatic heterocycles. The van der Waals surface area contributed by atoms with Crippen LogP contribution in [0.15, 0.2) is 11.8 Å². The van der Waals surface area contributed by atoms with Crippen LogP contribution >= 0.6 is 0 Å². The van der Waals surface area contributed by atoms with E-state index in [0.717, 1.165) is 37.4 Å².